The predicted molar refractivity (Wildman–Crippen MR) is 84.6 cm³/mol. The standard InChI is InChI=1S/C16H17F3N6O/c1-23-7-11-3-4-12(8-23)25(11)15(26)13-9-24(22-21-13)14-5-2-10(6-20-14)16(17,18)19/h2,5-6,9,11-12H,3-4,7-8H2,1H3. The van der Waals surface area contributed by atoms with Crippen LogP contribution in [0.4, 0.5) is 13.2 Å². The highest BCUT2D eigenvalue weighted by atomic mass is 19.4. The number of nitrogens with zero attached hydrogens (tertiary/aromatic N) is 6. The maximum atomic E-state index is 12.8. The first kappa shape index (κ1) is 17.0. The minimum Gasteiger partial charge on any atom is -0.329 e. The molecule has 2 aromatic rings. The van der Waals surface area contributed by atoms with Crippen molar-refractivity contribution >= 4 is 5.91 Å². The number of carbonyl (C=O) groups is 1. The van der Waals surface area contributed by atoms with Gasteiger partial charge in [-0.15, -0.1) is 5.10 Å². The Hall–Kier alpha value is -2.49. The molecule has 0 spiro atoms. The van der Waals surface area contributed by atoms with Crippen LogP contribution in [0.5, 0.6) is 0 Å². The summed E-state index contributed by atoms with van der Waals surface area (Å²) in [6.45, 7) is 1.66. The van der Waals surface area contributed by atoms with Crippen LogP contribution in [0.25, 0.3) is 5.82 Å². The number of hydrogen-bond acceptors (Lipinski definition) is 5. The van der Waals surface area contributed by atoms with E-state index < -0.39 is 11.7 Å². The smallest absolute Gasteiger partial charge is 0.329 e. The monoisotopic (exact) mass is 366 g/mol. The van der Waals surface area contributed by atoms with Crippen molar-refractivity contribution in [2.75, 3.05) is 20.1 Å². The first-order valence-electron chi connectivity index (χ1n) is 8.30. The zero-order valence-electron chi connectivity index (χ0n) is 14.0. The predicted octanol–water partition coefficient (Wildman–Crippen LogP) is 1.60. The van der Waals surface area contributed by atoms with Crippen LogP contribution >= 0.6 is 0 Å². The fourth-order valence-electron chi connectivity index (χ4n) is 3.74. The van der Waals surface area contributed by atoms with Crippen molar-refractivity contribution in [3.63, 3.8) is 0 Å². The summed E-state index contributed by atoms with van der Waals surface area (Å²) in [7, 11) is 2.04. The number of fused-ring (bicyclic) bond motifs is 2. The molecule has 4 rings (SSSR count). The molecule has 2 atom stereocenters. The van der Waals surface area contributed by atoms with E-state index in [1.165, 1.54) is 16.9 Å². The molecule has 4 heterocycles. The Morgan fingerprint density at radius 3 is 2.46 bits per heavy atom. The summed E-state index contributed by atoms with van der Waals surface area (Å²) < 4.78 is 39.1. The van der Waals surface area contributed by atoms with E-state index in [4.69, 9.17) is 0 Å². The molecule has 2 aromatic heterocycles. The number of pyridine rings is 1. The van der Waals surface area contributed by atoms with Crippen LogP contribution in [0.15, 0.2) is 24.5 Å². The summed E-state index contributed by atoms with van der Waals surface area (Å²) in [5.74, 6) is -0.0188. The lowest BCUT2D eigenvalue weighted by Gasteiger charge is -2.39. The number of aromatic nitrogens is 4. The lowest BCUT2D eigenvalue weighted by molar-refractivity contribution is -0.137. The number of likely N-dealkylation sites (tertiary alicyclic amines) is 1. The van der Waals surface area contributed by atoms with Gasteiger partial charge in [-0.05, 0) is 32.0 Å². The molecule has 2 aliphatic heterocycles. The summed E-state index contributed by atoms with van der Waals surface area (Å²) in [5, 5.41) is 7.75. The Morgan fingerprint density at radius 1 is 1.19 bits per heavy atom. The largest absolute Gasteiger partial charge is 0.417 e. The van der Waals surface area contributed by atoms with Crippen LogP contribution in [0.2, 0.25) is 0 Å². The Labute approximate surface area is 147 Å². The van der Waals surface area contributed by atoms with Gasteiger partial charge in [0, 0.05) is 31.4 Å². The second-order valence-electron chi connectivity index (χ2n) is 6.77. The maximum Gasteiger partial charge on any atom is 0.417 e. The molecule has 0 radical (unpaired) electrons. The Bertz CT molecular complexity index is 804. The van der Waals surface area contributed by atoms with Gasteiger partial charge in [-0.2, -0.15) is 13.2 Å². The Balaban J connectivity index is 1.54. The number of amides is 1. The number of likely N-dealkylation sites (N-methyl/N-ethyl adjacent to an activating group) is 1. The second kappa shape index (κ2) is 6.04. The van der Waals surface area contributed by atoms with E-state index >= 15 is 0 Å². The van der Waals surface area contributed by atoms with Gasteiger partial charge in [-0.1, -0.05) is 5.21 Å². The van der Waals surface area contributed by atoms with Crippen molar-refractivity contribution in [1.29, 1.82) is 0 Å². The lowest BCUT2D eigenvalue weighted by Crippen LogP contribution is -2.54. The van der Waals surface area contributed by atoms with E-state index in [-0.39, 0.29) is 29.5 Å². The molecular weight excluding hydrogens is 349 g/mol. The quantitative estimate of drug-likeness (QED) is 0.808. The SMILES string of the molecule is CN1CC2CCC(C1)N2C(=O)c1cn(-c2ccc(C(F)(F)F)cn2)nn1. The molecule has 2 bridgehead atoms. The molecule has 2 saturated heterocycles. The molecule has 0 saturated carbocycles. The average Bonchev–Trinajstić information content (AvgIpc) is 3.17. The summed E-state index contributed by atoms with van der Waals surface area (Å²) in [5.41, 5.74) is -0.667. The van der Waals surface area contributed by atoms with Crippen molar-refractivity contribution in [1.82, 2.24) is 29.8 Å². The molecule has 0 aliphatic carbocycles. The number of carbonyl (C=O) groups excluding carboxylic acids is 1. The fraction of sp³-hybridized carbons (Fsp3) is 0.500. The van der Waals surface area contributed by atoms with E-state index in [0.29, 0.717) is 0 Å². The van der Waals surface area contributed by atoms with Gasteiger partial charge in [0.05, 0.1) is 11.8 Å². The Morgan fingerprint density at radius 2 is 1.88 bits per heavy atom. The molecule has 0 aromatic carbocycles. The first-order valence-corrected chi connectivity index (χ1v) is 8.30. The van der Waals surface area contributed by atoms with Gasteiger partial charge in [0.2, 0.25) is 0 Å². The van der Waals surface area contributed by atoms with Gasteiger partial charge in [-0.25, -0.2) is 9.67 Å². The van der Waals surface area contributed by atoms with Crippen molar-refractivity contribution in [3.8, 4) is 5.82 Å². The van der Waals surface area contributed by atoms with Crippen molar-refractivity contribution < 1.29 is 18.0 Å². The van der Waals surface area contributed by atoms with Crippen LogP contribution in [0, 0.1) is 0 Å². The molecule has 2 unspecified atom stereocenters. The summed E-state index contributed by atoms with van der Waals surface area (Å²) >= 11 is 0. The lowest BCUT2D eigenvalue weighted by atomic mass is 10.2. The van der Waals surface area contributed by atoms with E-state index in [1.807, 2.05) is 11.9 Å². The summed E-state index contributed by atoms with van der Waals surface area (Å²) in [6.07, 6.45) is -0.366. The van der Waals surface area contributed by atoms with Gasteiger partial charge < -0.3 is 9.80 Å². The van der Waals surface area contributed by atoms with Crippen molar-refractivity contribution in [3.05, 3.63) is 35.8 Å². The molecule has 26 heavy (non-hydrogen) atoms. The van der Waals surface area contributed by atoms with Crippen LogP contribution in [-0.2, 0) is 6.18 Å². The Kier molecular flexibility index (Phi) is 3.94. The fourth-order valence-corrected chi connectivity index (χ4v) is 3.74. The average molecular weight is 366 g/mol. The summed E-state index contributed by atoms with van der Waals surface area (Å²) in [4.78, 5) is 20.7. The third-order valence-corrected chi connectivity index (χ3v) is 4.92. The van der Waals surface area contributed by atoms with E-state index in [2.05, 4.69) is 20.2 Å². The van der Waals surface area contributed by atoms with E-state index in [0.717, 1.165) is 38.2 Å². The third kappa shape index (κ3) is 2.94. The van der Waals surface area contributed by atoms with Gasteiger partial charge in [0.15, 0.2) is 11.5 Å². The number of rotatable bonds is 2. The zero-order chi connectivity index (χ0) is 18.5. The van der Waals surface area contributed by atoms with Crippen LogP contribution in [-0.4, -0.2) is 67.9 Å². The van der Waals surface area contributed by atoms with Crippen LogP contribution in [0.3, 0.4) is 0 Å². The minimum absolute atomic E-state index is 0.167. The van der Waals surface area contributed by atoms with Gasteiger partial charge in [0.1, 0.15) is 0 Å². The van der Waals surface area contributed by atoms with Crippen molar-refractivity contribution in [2.24, 2.45) is 0 Å². The van der Waals surface area contributed by atoms with Gasteiger partial charge >= 0.3 is 6.18 Å². The van der Waals surface area contributed by atoms with E-state index in [9.17, 15) is 18.0 Å². The molecule has 2 aliphatic rings. The van der Waals surface area contributed by atoms with Crippen LogP contribution < -0.4 is 0 Å². The number of halogens is 3. The summed E-state index contributed by atoms with van der Waals surface area (Å²) in [6, 6.07) is 2.46. The number of piperazine rings is 1. The molecule has 0 N–H and O–H groups in total. The highest BCUT2D eigenvalue weighted by molar-refractivity contribution is 5.92. The second-order valence-corrected chi connectivity index (χ2v) is 6.77. The highest BCUT2D eigenvalue weighted by Gasteiger charge is 2.42. The van der Waals surface area contributed by atoms with Gasteiger partial charge in [-0.3, -0.25) is 4.79 Å². The molecule has 1 amide bonds. The molecule has 138 valence electrons. The zero-order valence-corrected chi connectivity index (χ0v) is 14.0. The van der Waals surface area contributed by atoms with Crippen LogP contribution in [0.1, 0.15) is 28.9 Å². The number of hydrogen-bond donors (Lipinski definition) is 0. The number of alkyl halides is 3. The normalized spacial score (nSPS) is 23.5. The molecule has 7 nitrogen and oxygen atoms in total. The molecule has 10 heteroatoms. The van der Waals surface area contributed by atoms with E-state index in [1.54, 1.807) is 0 Å². The third-order valence-electron chi connectivity index (χ3n) is 4.92. The topological polar surface area (TPSA) is 67.2 Å². The molecule has 2 fully saturated rings. The first-order chi connectivity index (χ1) is 12.3. The van der Waals surface area contributed by atoms with Gasteiger partial charge in [0.25, 0.3) is 5.91 Å². The minimum atomic E-state index is -4.45. The maximum absolute atomic E-state index is 12.8. The molecular formula is C16H17F3N6O. The highest BCUT2D eigenvalue weighted by Crippen LogP contribution is 2.31. The van der Waals surface area contributed by atoms with Crippen molar-refractivity contribution in [2.45, 2.75) is 31.1 Å².